The molecule has 1 amide bonds. The normalized spacial score (nSPS) is 11.2. The van der Waals surface area contributed by atoms with Crippen LogP contribution in [0.15, 0.2) is 69.9 Å². The Morgan fingerprint density at radius 3 is 2.69 bits per heavy atom. The lowest BCUT2D eigenvalue weighted by Gasteiger charge is -2.21. The number of aromatic nitrogens is 3. The fourth-order valence-corrected chi connectivity index (χ4v) is 4.26. The van der Waals surface area contributed by atoms with Crippen LogP contribution in [-0.4, -0.2) is 34.3 Å². The number of fused-ring (bicyclic) bond motifs is 2. The quantitative estimate of drug-likeness (QED) is 0.345. The van der Waals surface area contributed by atoms with Gasteiger partial charge in [0, 0.05) is 36.2 Å². The Balaban J connectivity index is 1.59. The number of hydrogen-bond acceptors (Lipinski definition) is 6. The molecule has 5 rings (SSSR count). The molecule has 5 aromatic rings. The van der Waals surface area contributed by atoms with E-state index >= 15 is 0 Å². The molecule has 0 fully saturated rings. The van der Waals surface area contributed by atoms with E-state index < -0.39 is 11.4 Å². The predicted octanol–water partition coefficient (Wildman–Crippen LogP) is 4.71. The topological polar surface area (TPSA) is 90.5 Å². The minimum Gasteiger partial charge on any atom is -0.497 e. The highest BCUT2D eigenvalue weighted by atomic mass is 19.1. The van der Waals surface area contributed by atoms with Gasteiger partial charge in [0.25, 0.3) is 5.56 Å². The number of rotatable bonds is 6. The summed E-state index contributed by atoms with van der Waals surface area (Å²) in [6.07, 6.45) is 0. The number of aryl methyl sites for hydroxylation is 1. The number of anilines is 1. The number of halogens is 1. The Kier molecular flexibility index (Phi) is 5.97. The van der Waals surface area contributed by atoms with Crippen molar-refractivity contribution in [2.75, 3.05) is 18.6 Å². The molecule has 0 unspecified atom stereocenters. The number of benzene rings is 3. The molecule has 182 valence electrons. The molecule has 0 aliphatic heterocycles. The number of oxazole rings is 1. The number of amides is 1. The molecule has 0 aliphatic carbocycles. The molecule has 0 saturated heterocycles. The molecule has 0 aliphatic rings. The van der Waals surface area contributed by atoms with Crippen molar-refractivity contribution in [2.45, 2.75) is 20.4 Å². The summed E-state index contributed by atoms with van der Waals surface area (Å²) in [5.41, 5.74) is 2.31. The first-order valence-corrected chi connectivity index (χ1v) is 11.4. The third kappa shape index (κ3) is 4.19. The van der Waals surface area contributed by atoms with Crippen molar-refractivity contribution < 1.29 is 18.3 Å². The smallest absolute Gasteiger partial charge is 0.275 e. The number of carbonyl (C=O) groups excluding carboxylic acids is 1. The molecule has 0 spiro atoms. The van der Waals surface area contributed by atoms with E-state index in [4.69, 9.17) is 9.15 Å². The molecule has 0 saturated carbocycles. The first-order valence-electron chi connectivity index (χ1n) is 11.4. The SMILES string of the molecule is CCN(C(=O)Cn1nc(-c2cccc(F)c2)c2ccc(OC)cc2c1=O)c1ccc2nc(C)oc2c1. The summed E-state index contributed by atoms with van der Waals surface area (Å²) in [7, 11) is 1.50. The second-order valence-electron chi connectivity index (χ2n) is 8.26. The highest BCUT2D eigenvalue weighted by molar-refractivity contribution is 5.96. The van der Waals surface area contributed by atoms with Crippen LogP contribution in [0.25, 0.3) is 33.1 Å². The van der Waals surface area contributed by atoms with E-state index in [2.05, 4.69) is 10.1 Å². The molecule has 3 aromatic carbocycles. The zero-order valence-electron chi connectivity index (χ0n) is 20.0. The van der Waals surface area contributed by atoms with Gasteiger partial charge in [-0.2, -0.15) is 5.10 Å². The second-order valence-corrected chi connectivity index (χ2v) is 8.26. The number of carbonyl (C=O) groups is 1. The van der Waals surface area contributed by atoms with Crippen LogP contribution in [-0.2, 0) is 11.3 Å². The fraction of sp³-hybridized carbons (Fsp3) is 0.185. The summed E-state index contributed by atoms with van der Waals surface area (Å²) in [4.78, 5) is 32.6. The Labute approximate surface area is 205 Å². The van der Waals surface area contributed by atoms with Gasteiger partial charge in [0.1, 0.15) is 23.6 Å². The van der Waals surface area contributed by atoms with Crippen LogP contribution in [0.3, 0.4) is 0 Å². The summed E-state index contributed by atoms with van der Waals surface area (Å²) in [5.74, 6) is 0.249. The third-order valence-corrected chi connectivity index (χ3v) is 5.96. The first-order chi connectivity index (χ1) is 17.4. The van der Waals surface area contributed by atoms with Crippen molar-refractivity contribution in [1.29, 1.82) is 0 Å². The molecule has 0 radical (unpaired) electrons. The van der Waals surface area contributed by atoms with E-state index in [0.717, 1.165) is 4.68 Å². The molecule has 36 heavy (non-hydrogen) atoms. The van der Waals surface area contributed by atoms with Gasteiger partial charge in [-0.05, 0) is 49.4 Å². The van der Waals surface area contributed by atoms with E-state index in [-0.39, 0.29) is 12.5 Å². The van der Waals surface area contributed by atoms with Crippen LogP contribution < -0.4 is 15.2 Å². The highest BCUT2D eigenvalue weighted by Crippen LogP contribution is 2.28. The van der Waals surface area contributed by atoms with Gasteiger partial charge < -0.3 is 14.1 Å². The van der Waals surface area contributed by atoms with Gasteiger partial charge in [0.15, 0.2) is 11.5 Å². The summed E-state index contributed by atoms with van der Waals surface area (Å²) in [6, 6.07) is 16.3. The molecular weight excluding hydrogens is 463 g/mol. The number of likely N-dealkylation sites (N-methyl/N-ethyl adjacent to an activating group) is 1. The average molecular weight is 487 g/mol. The fourth-order valence-electron chi connectivity index (χ4n) is 4.26. The standard InChI is InChI=1S/C27H23FN4O4/c1-4-31(19-8-11-23-24(13-19)36-16(2)29-23)25(33)15-32-27(34)22-14-20(35-3)9-10-21(22)26(30-32)17-6-5-7-18(28)12-17/h5-14H,4,15H2,1-3H3. The van der Waals surface area contributed by atoms with Crippen LogP contribution in [0.1, 0.15) is 12.8 Å². The van der Waals surface area contributed by atoms with Crippen molar-refractivity contribution in [3.05, 3.63) is 82.7 Å². The van der Waals surface area contributed by atoms with Crippen molar-refractivity contribution in [1.82, 2.24) is 14.8 Å². The van der Waals surface area contributed by atoms with Gasteiger partial charge in [-0.1, -0.05) is 12.1 Å². The maximum absolute atomic E-state index is 14.0. The van der Waals surface area contributed by atoms with Gasteiger partial charge in [-0.15, -0.1) is 0 Å². The lowest BCUT2D eigenvalue weighted by molar-refractivity contribution is -0.119. The lowest BCUT2D eigenvalue weighted by Crippen LogP contribution is -2.37. The van der Waals surface area contributed by atoms with Crippen LogP contribution in [0.5, 0.6) is 5.75 Å². The zero-order valence-corrected chi connectivity index (χ0v) is 20.0. The Morgan fingerprint density at radius 1 is 1.11 bits per heavy atom. The van der Waals surface area contributed by atoms with Crippen LogP contribution in [0.4, 0.5) is 10.1 Å². The number of hydrogen-bond donors (Lipinski definition) is 0. The van der Waals surface area contributed by atoms with Gasteiger partial charge in [-0.25, -0.2) is 14.1 Å². The molecule has 9 heteroatoms. The Bertz CT molecular complexity index is 1670. The average Bonchev–Trinajstić information content (AvgIpc) is 3.25. The van der Waals surface area contributed by atoms with E-state index in [9.17, 15) is 14.0 Å². The Morgan fingerprint density at radius 2 is 1.94 bits per heavy atom. The van der Waals surface area contributed by atoms with Crippen LogP contribution in [0.2, 0.25) is 0 Å². The van der Waals surface area contributed by atoms with E-state index in [1.54, 1.807) is 60.4 Å². The van der Waals surface area contributed by atoms with E-state index in [1.807, 2.05) is 6.92 Å². The predicted molar refractivity (Wildman–Crippen MR) is 135 cm³/mol. The van der Waals surface area contributed by atoms with Gasteiger partial charge in [0.2, 0.25) is 5.91 Å². The van der Waals surface area contributed by atoms with Crippen molar-refractivity contribution in [2.24, 2.45) is 0 Å². The van der Waals surface area contributed by atoms with Crippen molar-refractivity contribution >= 4 is 33.5 Å². The lowest BCUT2D eigenvalue weighted by atomic mass is 10.0. The first kappa shape index (κ1) is 23.2. The van der Waals surface area contributed by atoms with Gasteiger partial charge in [0.05, 0.1) is 18.2 Å². The number of ether oxygens (including phenoxy) is 1. The minimum absolute atomic E-state index is 0.310. The third-order valence-electron chi connectivity index (χ3n) is 5.96. The number of nitrogens with zero attached hydrogens (tertiary/aromatic N) is 4. The molecule has 0 bridgehead atoms. The number of methoxy groups -OCH3 is 1. The van der Waals surface area contributed by atoms with Crippen LogP contribution >= 0.6 is 0 Å². The maximum atomic E-state index is 14.0. The van der Waals surface area contributed by atoms with E-state index in [0.29, 0.717) is 57.0 Å². The molecule has 2 heterocycles. The van der Waals surface area contributed by atoms with Crippen molar-refractivity contribution in [3.63, 3.8) is 0 Å². The summed E-state index contributed by atoms with van der Waals surface area (Å²) in [6.45, 7) is 3.65. The molecule has 2 aromatic heterocycles. The largest absolute Gasteiger partial charge is 0.497 e. The summed E-state index contributed by atoms with van der Waals surface area (Å²) >= 11 is 0. The maximum Gasteiger partial charge on any atom is 0.275 e. The van der Waals surface area contributed by atoms with Gasteiger partial charge >= 0.3 is 0 Å². The van der Waals surface area contributed by atoms with Crippen LogP contribution in [0, 0.1) is 12.7 Å². The monoisotopic (exact) mass is 486 g/mol. The molecule has 0 N–H and O–H groups in total. The molecular formula is C27H23FN4O4. The second kappa shape index (κ2) is 9.26. The van der Waals surface area contributed by atoms with E-state index in [1.165, 1.54) is 19.2 Å². The van der Waals surface area contributed by atoms with Crippen molar-refractivity contribution in [3.8, 4) is 17.0 Å². The Hall–Kier alpha value is -4.53. The zero-order chi connectivity index (χ0) is 25.4. The molecule has 8 nitrogen and oxygen atoms in total. The van der Waals surface area contributed by atoms with Gasteiger partial charge in [-0.3, -0.25) is 9.59 Å². The minimum atomic E-state index is -0.449. The molecule has 0 atom stereocenters. The summed E-state index contributed by atoms with van der Waals surface area (Å²) in [5, 5.41) is 5.34. The highest BCUT2D eigenvalue weighted by Gasteiger charge is 2.20. The summed E-state index contributed by atoms with van der Waals surface area (Å²) < 4.78 is 26.0.